The number of benzene rings is 1. The number of carbonyl (C=O) groups is 1. The van der Waals surface area contributed by atoms with E-state index in [4.69, 9.17) is 10.5 Å². The normalized spacial score (nSPS) is 10.1. The first-order valence-corrected chi connectivity index (χ1v) is 5.47. The van der Waals surface area contributed by atoms with E-state index < -0.39 is 6.09 Å². The molecule has 0 saturated heterocycles. The summed E-state index contributed by atoms with van der Waals surface area (Å²) in [5, 5.41) is 9.08. The van der Waals surface area contributed by atoms with Gasteiger partial charge in [0.05, 0.1) is 0 Å². The van der Waals surface area contributed by atoms with Crippen molar-refractivity contribution >= 4 is 11.8 Å². The fourth-order valence-corrected chi connectivity index (χ4v) is 1.41. The van der Waals surface area contributed by atoms with Crippen LogP contribution in [0.1, 0.15) is 11.3 Å². The van der Waals surface area contributed by atoms with E-state index in [1.165, 1.54) is 0 Å². The van der Waals surface area contributed by atoms with Gasteiger partial charge in [-0.3, -0.25) is 10.4 Å². The molecule has 0 bridgehead atoms. The van der Waals surface area contributed by atoms with E-state index in [-0.39, 0.29) is 5.88 Å². The fourth-order valence-electron chi connectivity index (χ4n) is 1.41. The highest BCUT2D eigenvalue weighted by Crippen LogP contribution is 2.11. The lowest BCUT2D eigenvalue weighted by Gasteiger charge is -2.05. The van der Waals surface area contributed by atoms with E-state index in [2.05, 4.69) is 15.5 Å². The maximum Gasteiger partial charge on any atom is 0.418 e. The van der Waals surface area contributed by atoms with Crippen LogP contribution in [0.5, 0.6) is 5.88 Å². The summed E-state index contributed by atoms with van der Waals surface area (Å²) in [7, 11) is 0. The molecule has 2 rings (SSSR count). The molecule has 18 heavy (non-hydrogen) atoms. The van der Waals surface area contributed by atoms with E-state index in [0.29, 0.717) is 12.2 Å². The van der Waals surface area contributed by atoms with Crippen molar-refractivity contribution in [1.82, 2.24) is 10.2 Å². The number of hydrogen-bond acceptors (Lipinski definition) is 4. The van der Waals surface area contributed by atoms with E-state index in [0.717, 1.165) is 11.3 Å². The molecule has 1 heterocycles. The molecule has 1 aromatic heterocycles. The molecule has 94 valence electrons. The number of anilines is 1. The Hall–Kier alpha value is -2.34. The van der Waals surface area contributed by atoms with Crippen molar-refractivity contribution in [1.29, 1.82) is 0 Å². The number of nitrogens with one attached hydrogen (secondary N) is 2. The molecule has 0 atom stereocenters. The molecule has 0 unspecified atom stereocenters. The molecular weight excluding hydrogens is 232 g/mol. The third-order valence-corrected chi connectivity index (χ3v) is 2.32. The Labute approximate surface area is 104 Å². The Bertz CT molecular complexity index is 533. The van der Waals surface area contributed by atoms with Gasteiger partial charge in [-0.2, -0.15) is 0 Å². The standard InChI is InChI=1S/C12H14N4O2/c1-8-6-11(16-15-8)18-12(17)14-10-4-2-9(7-13)3-5-10/h2-6H,7,13H2,1H3,(H,14,17)(H,15,16). The Morgan fingerprint density at radius 2 is 2.17 bits per heavy atom. The van der Waals surface area contributed by atoms with Crippen molar-refractivity contribution in [2.24, 2.45) is 5.73 Å². The quantitative estimate of drug-likeness (QED) is 0.769. The topological polar surface area (TPSA) is 93.0 Å². The van der Waals surface area contributed by atoms with Crippen molar-refractivity contribution in [2.75, 3.05) is 5.32 Å². The van der Waals surface area contributed by atoms with Crippen molar-refractivity contribution in [3.05, 3.63) is 41.6 Å². The smallest absolute Gasteiger partial charge is 0.389 e. The first-order valence-electron chi connectivity index (χ1n) is 5.47. The molecule has 6 heteroatoms. The zero-order chi connectivity index (χ0) is 13.0. The predicted octanol–water partition coefficient (Wildman–Crippen LogP) is 1.79. The van der Waals surface area contributed by atoms with E-state index in [9.17, 15) is 4.79 Å². The number of aromatic amines is 1. The van der Waals surface area contributed by atoms with Crippen molar-refractivity contribution in [2.45, 2.75) is 13.5 Å². The lowest BCUT2D eigenvalue weighted by molar-refractivity contribution is 0.213. The number of rotatable bonds is 3. The molecule has 0 aliphatic heterocycles. The largest absolute Gasteiger partial charge is 0.418 e. The maximum absolute atomic E-state index is 11.5. The van der Waals surface area contributed by atoms with Crippen LogP contribution in [-0.4, -0.2) is 16.3 Å². The number of hydrogen-bond donors (Lipinski definition) is 3. The van der Waals surface area contributed by atoms with Crippen LogP contribution < -0.4 is 15.8 Å². The molecule has 0 fully saturated rings. The lowest BCUT2D eigenvalue weighted by atomic mass is 10.2. The Morgan fingerprint density at radius 3 is 2.72 bits per heavy atom. The van der Waals surface area contributed by atoms with Crippen LogP contribution >= 0.6 is 0 Å². The number of aryl methyl sites for hydroxylation is 1. The average molecular weight is 246 g/mol. The van der Waals surface area contributed by atoms with Crippen LogP contribution in [-0.2, 0) is 6.54 Å². The lowest BCUT2D eigenvalue weighted by Crippen LogP contribution is -2.16. The fraction of sp³-hybridized carbons (Fsp3) is 0.167. The van der Waals surface area contributed by atoms with Crippen LogP contribution in [0, 0.1) is 6.92 Å². The minimum Gasteiger partial charge on any atom is -0.389 e. The van der Waals surface area contributed by atoms with Gasteiger partial charge in [0, 0.05) is 24.0 Å². The predicted molar refractivity (Wildman–Crippen MR) is 67.3 cm³/mol. The number of carbonyl (C=O) groups excluding carboxylic acids is 1. The molecule has 0 spiro atoms. The average Bonchev–Trinajstić information content (AvgIpc) is 2.75. The number of amides is 1. The molecule has 0 saturated carbocycles. The van der Waals surface area contributed by atoms with Gasteiger partial charge < -0.3 is 10.5 Å². The zero-order valence-electron chi connectivity index (χ0n) is 9.93. The summed E-state index contributed by atoms with van der Waals surface area (Å²) in [6.07, 6.45) is -0.581. The summed E-state index contributed by atoms with van der Waals surface area (Å²) in [6.45, 7) is 2.29. The summed E-state index contributed by atoms with van der Waals surface area (Å²) in [5.41, 5.74) is 7.95. The van der Waals surface area contributed by atoms with Crippen LogP contribution in [0.3, 0.4) is 0 Å². The summed E-state index contributed by atoms with van der Waals surface area (Å²) in [6, 6.07) is 8.85. The van der Waals surface area contributed by atoms with Gasteiger partial charge in [-0.05, 0) is 24.6 Å². The van der Waals surface area contributed by atoms with Gasteiger partial charge in [-0.15, -0.1) is 5.10 Å². The molecule has 4 N–H and O–H groups in total. The molecular formula is C12H14N4O2. The minimum absolute atomic E-state index is 0.239. The van der Waals surface area contributed by atoms with Gasteiger partial charge >= 0.3 is 6.09 Å². The van der Waals surface area contributed by atoms with Crippen molar-refractivity contribution in [3.8, 4) is 5.88 Å². The summed E-state index contributed by atoms with van der Waals surface area (Å²) in [5.74, 6) is 0.239. The van der Waals surface area contributed by atoms with Crippen molar-refractivity contribution in [3.63, 3.8) is 0 Å². The molecule has 1 amide bonds. The minimum atomic E-state index is -0.581. The Balaban J connectivity index is 1.94. The van der Waals surface area contributed by atoms with Crippen LogP contribution in [0.15, 0.2) is 30.3 Å². The number of nitrogens with zero attached hydrogens (tertiary/aromatic N) is 1. The monoisotopic (exact) mass is 246 g/mol. The van der Waals surface area contributed by atoms with Crippen LogP contribution in [0.4, 0.5) is 10.5 Å². The highest BCUT2D eigenvalue weighted by molar-refractivity contribution is 5.86. The van der Waals surface area contributed by atoms with E-state index >= 15 is 0 Å². The highest BCUT2D eigenvalue weighted by atomic mass is 16.6. The third kappa shape index (κ3) is 3.08. The van der Waals surface area contributed by atoms with Crippen LogP contribution in [0.25, 0.3) is 0 Å². The third-order valence-electron chi connectivity index (χ3n) is 2.32. The van der Waals surface area contributed by atoms with Gasteiger partial charge in [0.1, 0.15) is 0 Å². The molecule has 0 radical (unpaired) electrons. The van der Waals surface area contributed by atoms with E-state index in [1.807, 2.05) is 19.1 Å². The molecule has 0 aliphatic carbocycles. The van der Waals surface area contributed by atoms with Gasteiger partial charge in [-0.1, -0.05) is 12.1 Å². The van der Waals surface area contributed by atoms with Gasteiger partial charge in [-0.25, -0.2) is 4.79 Å². The van der Waals surface area contributed by atoms with Crippen LogP contribution in [0.2, 0.25) is 0 Å². The number of ether oxygens (including phenoxy) is 1. The Kier molecular flexibility index (Phi) is 3.59. The second kappa shape index (κ2) is 5.33. The molecule has 2 aromatic rings. The molecule has 1 aromatic carbocycles. The first-order chi connectivity index (χ1) is 8.67. The highest BCUT2D eigenvalue weighted by Gasteiger charge is 2.07. The second-order valence-electron chi connectivity index (χ2n) is 3.80. The maximum atomic E-state index is 11.5. The number of aromatic nitrogens is 2. The SMILES string of the molecule is Cc1cc(OC(=O)Nc2ccc(CN)cc2)n[nH]1. The van der Waals surface area contributed by atoms with Crippen molar-refractivity contribution < 1.29 is 9.53 Å². The first kappa shape index (κ1) is 12.1. The summed E-state index contributed by atoms with van der Waals surface area (Å²) >= 11 is 0. The Morgan fingerprint density at radius 1 is 1.44 bits per heavy atom. The number of H-pyrrole nitrogens is 1. The van der Waals surface area contributed by atoms with Gasteiger partial charge in [0.15, 0.2) is 0 Å². The second-order valence-corrected chi connectivity index (χ2v) is 3.80. The molecule has 0 aliphatic rings. The number of nitrogens with two attached hydrogens (primary N) is 1. The van der Waals surface area contributed by atoms with E-state index in [1.54, 1.807) is 18.2 Å². The van der Waals surface area contributed by atoms with Gasteiger partial charge in [0.25, 0.3) is 0 Å². The summed E-state index contributed by atoms with van der Waals surface area (Å²) in [4.78, 5) is 11.5. The zero-order valence-corrected chi connectivity index (χ0v) is 9.93. The molecule has 6 nitrogen and oxygen atoms in total. The summed E-state index contributed by atoms with van der Waals surface area (Å²) < 4.78 is 4.98. The van der Waals surface area contributed by atoms with Gasteiger partial charge in [0.2, 0.25) is 5.88 Å².